The summed E-state index contributed by atoms with van der Waals surface area (Å²) in [5.41, 5.74) is 9.77. The molecule has 3 rings (SSSR count). The van der Waals surface area contributed by atoms with Crippen LogP contribution in [0.2, 0.25) is 0 Å². The van der Waals surface area contributed by atoms with Gasteiger partial charge in [-0.3, -0.25) is 0 Å². The number of aromatic nitrogens is 2. The minimum Gasteiger partial charge on any atom is -0.398 e. The molecule has 0 spiro atoms. The smallest absolute Gasteiger partial charge is 0.208 e. The number of hydrogen-bond donors (Lipinski definition) is 1. The van der Waals surface area contributed by atoms with Crippen LogP contribution in [0.4, 0.5) is 10.8 Å². The molecule has 1 aliphatic rings. The highest BCUT2D eigenvalue weighted by molar-refractivity contribution is 7.13. The molecule has 1 aromatic carbocycles. The molecular weight excluding hydrogens is 232 g/mol. The molecule has 1 aromatic heterocycles. The zero-order chi connectivity index (χ0) is 11.7. The van der Waals surface area contributed by atoms with E-state index in [-0.39, 0.29) is 0 Å². The lowest BCUT2D eigenvalue weighted by Crippen LogP contribution is -2.25. The number of benzene rings is 1. The lowest BCUT2D eigenvalue weighted by Gasteiger charge is -2.21. The molecular formula is C12H14N4S. The number of hydrogen-bond acceptors (Lipinski definition) is 5. The second kappa shape index (κ2) is 4.33. The maximum absolute atomic E-state index is 5.98. The van der Waals surface area contributed by atoms with Gasteiger partial charge in [0.25, 0.3) is 0 Å². The summed E-state index contributed by atoms with van der Waals surface area (Å²) in [5.74, 6) is 0. The van der Waals surface area contributed by atoms with E-state index in [1.165, 1.54) is 12.8 Å². The van der Waals surface area contributed by atoms with Crippen molar-refractivity contribution < 1.29 is 0 Å². The summed E-state index contributed by atoms with van der Waals surface area (Å²) in [6.45, 7) is 0.826. The van der Waals surface area contributed by atoms with Crippen LogP contribution in [0, 0.1) is 0 Å². The lowest BCUT2D eigenvalue weighted by atomic mass is 10.1. The Balaban J connectivity index is 1.84. The standard InChI is InChI=1S/C12H14N4S/c13-11-4-2-1-3-9(11)7-16(10-5-6-10)12-15-14-8-17-12/h1-4,8,10H,5-7,13H2. The van der Waals surface area contributed by atoms with Gasteiger partial charge in [-0.1, -0.05) is 29.5 Å². The van der Waals surface area contributed by atoms with Crippen molar-refractivity contribution in [1.82, 2.24) is 10.2 Å². The van der Waals surface area contributed by atoms with Crippen molar-refractivity contribution in [1.29, 1.82) is 0 Å². The van der Waals surface area contributed by atoms with Crippen molar-refractivity contribution in [2.45, 2.75) is 25.4 Å². The summed E-state index contributed by atoms with van der Waals surface area (Å²) in [5, 5.41) is 9.07. The molecule has 0 aliphatic heterocycles. The second-order valence-corrected chi connectivity index (χ2v) is 5.09. The molecule has 17 heavy (non-hydrogen) atoms. The van der Waals surface area contributed by atoms with Gasteiger partial charge in [0, 0.05) is 18.3 Å². The van der Waals surface area contributed by atoms with E-state index in [4.69, 9.17) is 5.73 Å². The van der Waals surface area contributed by atoms with E-state index in [2.05, 4.69) is 21.2 Å². The van der Waals surface area contributed by atoms with E-state index >= 15 is 0 Å². The molecule has 1 saturated carbocycles. The molecule has 0 saturated heterocycles. The van der Waals surface area contributed by atoms with Crippen molar-refractivity contribution >= 4 is 22.2 Å². The van der Waals surface area contributed by atoms with Gasteiger partial charge in [-0.25, -0.2) is 0 Å². The van der Waals surface area contributed by atoms with Crippen LogP contribution < -0.4 is 10.6 Å². The van der Waals surface area contributed by atoms with E-state index in [9.17, 15) is 0 Å². The predicted molar refractivity (Wildman–Crippen MR) is 70.0 cm³/mol. The SMILES string of the molecule is Nc1ccccc1CN(c1nncs1)C1CC1. The monoisotopic (exact) mass is 246 g/mol. The Morgan fingerprint density at radius 2 is 2.18 bits per heavy atom. The van der Waals surface area contributed by atoms with Crippen molar-refractivity contribution in [3.05, 3.63) is 35.3 Å². The fraction of sp³-hybridized carbons (Fsp3) is 0.333. The van der Waals surface area contributed by atoms with E-state index in [1.54, 1.807) is 16.8 Å². The molecule has 2 N–H and O–H groups in total. The van der Waals surface area contributed by atoms with Crippen LogP contribution in [0.1, 0.15) is 18.4 Å². The Labute approximate surface area is 104 Å². The van der Waals surface area contributed by atoms with Crippen LogP contribution in [0.15, 0.2) is 29.8 Å². The van der Waals surface area contributed by atoms with Crippen molar-refractivity contribution in [3.8, 4) is 0 Å². The first-order valence-electron chi connectivity index (χ1n) is 5.71. The van der Waals surface area contributed by atoms with Gasteiger partial charge in [0.1, 0.15) is 5.51 Å². The van der Waals surface area contributed by atoms with Crippen molar-refractivity contribution in [2.24, 2.45) is 0 Å². The average molecular weight is 246 g/mol. The molecule has 5 heteroatoms. The number of anilines is 2. The quantitative estimate of drug-likeness (QED) is 0.841. The Bertz CT molecular complexity index is 493. The zero-order valence-corrected chi connectivity index (χ0v) is 10.2. The summed E-state index contributed by atoms with van der Waals surface area (Å²) in [4.78, 5) is 2.31. The van der Waals surface area contributed by atoms with Crippen LogP contribution in [-0.4, -0.2) is 16.2 Å². The summed E-state index contributed by atoms with van der Waals surface area (Å²) in [7, 11) is 0. The van der Waals surface area contributed by atoms with E-state index in [0.29, 0.717) is 6.04 Å². The Morgan fingerprint density at radius 1 is 1.35 bits per heavy atom. The summed E-state index contributed by atoms with van der Waals surface area (Å²) in [6.07, 6.45) is 2.48. The molecule has 0 radical (unpaired) electrons. The minimum atomic E-state index is 0.613. The van der Waals surface area contributed by atoms with E-state index < -0.39 is 0 Å². The Kier molecular flexibility index (Phi) is 2.68. The highest BCUT2D eigenvalue weighted by Gasteiger charge is 2.31. The first-order chi connectivity index (χ1) is 8.34. The number of para-hydroxylation sites is 1. The zero-order valence-electron chi connectivity index (χ0n) is 9.41. The van der Waals surface area contributed by atoms with E-state index in [0.717, 1.165) is 22.9 Å². The number of nitrogens with zero attached hydrogens (tertiary/aromatic N) is 3. The molecule has 4 nitrogen and oxygen atoms in total. The Morgan fingerprint density at radius 3 is 2.82 bits per heavy atom. The maximum Gasteiger partial charge on any atom is 0.208 e. The second-order valence-electron chi connectivity index (χ2n) is 4.28. The molecule has 0 amide bonds. The van der Waals surface area contributed by atoms with Gasteiger partial charge in [-0.15, -0.1) is 10.2 Å². The van der Waals surface area contributed by atoms with Crippen LogP contribution in [-0.2, 0) is 6.54 Å². The van der Waals surface area contributed by atoms with Crippen molar-refractivity contribution in [3.63, 3.8) is 0 Å². The third-order valence-corrected chi connectivity index (χ3v) is 3.70. The van der Waals surface area contributed by atoms with Gasteiger partial charge in [0.05, 0.1) is 0 Å². The molecule has 88 valence electrons. The predicted octanol–water partition coefficient (Wildman–Crippen LogP) is 2.29. The van der Waals surface area contributed by atoms with Gasteiger partial charge in [-0.2, -0.15) is 0 Å². The fourth-order valence-corrected chi connectivity index (χ4v) is 2.53. The van der Waals surface area contributed by atoms with Gasteiger partial charge in [0.15, 0.2) is 0 Å². The lowest BCUT2D eigenvalue weighted by molar-refractivity contribution is 0.782. The van der Waals surface area contributed by atoms with Gasteiger partial charge >= 0.3 is 0 Å². The molecule has 1 heterocycles. The molecule has 2 aromatic rings. The first-order valence-corrected chi connectivity index (χ1v) is 6.59. The topological polar surface area (TPSA) is 55.0 Å². The third-order valence-electron chi connectivity index (χ3n) is 2.98. The normalized spacial score (nSPS) is 14.8. The third kappa shape index (κ3) is 2.24. The highest BCUT2D eigenvalue weighted by atomic mass is 32.1. The van der Waals surface area contributed by atoms with Crippen LogP contribution >= 0.6 is 11.3 Å². The van der Waals surface area contributed by atoms with Crippen LogP contribution in [0.3, 0.4) is 0 Å². The fourth-order valence-electron chi connectivity index (χ4n) is 1.89. The van der Waals surface area contributed by atoms with Crippen LogP contribution in [0.5, 0.6) is 0 Å². The molecule has 0 bridgehead atoms. The largest absolute Gasteiger partial charge is 0.398 e. The van der Waals surface area contributed by atoms with Gasteiger partial charge in [-0.05, 0) is 24.5 Å². The molecule has 1 fully saturated rings. The van der Waals surface area contributed by atoms with E-state index in [1.807, 2.05) is 18.2 Å². The first kappa shape index (κ1) is 10.5. The molecule has 0 atom stereocenters. The molecule has 0 unspecified atom stereocenters. The Hall–Kier alpha value is -1.62. The summed E-state index contributed by atoms with van der Waals surface area (Å²) < 4.78 is 0. The number of nitrogen functional groups attached to an aromatic ring is 1. The van der Waals surface area contributed by atoms with Crippen molar-refractivity contribution in [2.75, 3.05) is 10.6 Å². The average Bonchev–Trinajstić information content (AvgIpc) is 3.03. The summed E-state index contributed by atoms with van der Waals surface area (Å²) >= 11 is 1.59. The van der Waals surface area contributed by atoms with Crippen LogP contribution in [0.25, 0.3) is 0 Å². The number of nitrogens with two attached hydrogens (primary N) is 1. The highest BCUT2D eigenvalue weighted by Crippen LogP contribution is 2.34. The number of rotatable bonds is 4. The summed E-state index contributed by atoms with van der Waals surface area (Å²) in [6, 6.07) is 8.62. The van der Waals surface area contributed by atoms with Gasteiger partial charge < -0.3 is 10.6 Å². The minimum absolute atomic E-state index is 0.613. The maximum atomic E-state index is 5.98. The van der Waals surface area contributed by atoms with Gasteiger partial charge in [0.2, 0.25) is 5.13 Å². The molecule has 1 aliphatic carbocycles.